The Morgan fingerprint density at radius 2 is 0.680 bits per heavy atom. The van der Waals surface area contributed by atoms with Crippen molar-refractivity contribution in [2.45, 2.75) is 109 Å². The molecule has 146 valence electrons. The molecule has 0 spiro atoms. The molecule has 0 aromatic heterocycles. The second-order valence-corrected chi connectivity index (χ2v) is 7.24. The van der Waals surface area contributed by atoms with Crippen LogP contribution in [0.1, 0.15) is 109 Å². The van der Waals surface area contributed by atoms with Crippen LogP contribution in [0.2, 0.25) is 0 Å². The minimum absolute atomic E-state index is 0.0406. The maximum Gasteiger partial charge on any atom is 0.305 e. The highest BCUT2D eigenvalue weighted by Gasteiger charge is 2.04. The summed E-state index contributed by atoms with van der Waals surface area (Å²) in [6, 6.07) is 0. The first-order valence-corrected chi connectivity index (χ1v) is 10.6. The van der Waals surface area contributed by atoms with Gasteiger partial charge in [0.1, 0.15) is 0 Å². The number of hydrogen-bond donors (Lipinski definition) is 0. The van der Waals surface area contributed by atoms with E-state index in [-0.39, 0.29) is 11.9 Å². The fourth-order valence-electron chi connectivity index (χ4n) is 3.20. The van der Waals surface area contributed by atoms with Crippen LogP contribution in [0.4, 0.5) is 0 Å². The second kappa shape index (κ2) is 16.4. The molecule has 25 heavy (non-hydrogen) atoms. The lowest BCUT2D eigenvalue weighted by molar-refractivity contribution is -0.144. The smallest absolute Gasteiger partial charge is 0.305 e. The van der Waals surface area contributed by atoms with Crippen molar-refractivity contribution < 1.29 is 19.1 Å². The van der Waals surface area contributed by atoms with Crippen molar-refractivity contribution >= 4 is 11.9 Å². The van der Waals surface area contributed by atoms with Gasteiger partial charge >= 0.3 is 11.9 Å². The van der Waals surface area contributed by atoms with Gasteiger partial charge in [-0.25, -0.2) is 0 Å². The molecule has 1 aliphatic rings. The third-order valence-electron chi connectivity index (χ3n) is 4.83. The predicted octanol–water partition coefficient (Wildman–Crippen LogP) is 5.72. The lowest BCUT2D eigenvalue weighted by atomic mass is 10.1. The Bertz CT molecular complexity index is 309. The van der Waals surface area contributed by atoms with Gasteiger partial charge < -0.3 is 9.47 Å². The maximum atomic E-state index is 11.6. The summed E-state index contributed by atoms with van der Waals surface area (Å²) in [6.07, 6.45) is 17.9. The Balaban J connectivity index is 2.16. The maximum absolute atomic E-state index is 11.6. The third-order valence-corrected chi connectivity index (χ3v) is 4.83. The average Bonchev–Trinajstić information content (AvgIpc) is 2.60. The molecule has 1 fully saturated rings. The molecule has 1 rings (SSSR count). The zero-order valence-electron chi connectivity index (χ0n) is 16.1. The molecule has 1 heterocycles. The van der Waals surface area contributed by atoms with Gasteiger partial charge in [-0.05, 0) is 25.7 Å². The molecule has 0 amide bonds. The van der Waals surface area contributed by atoms with E-state index in [0.29, 0.717) is 26.1 Å². The highest BCUT2D eigenvalue weighted by Crippen LogP contribution is 2.12. The quantitative estimate of drug-likeness (QED) is 0.522. The van der Waals surface area contributed by atoms with Crippen LogP contribution < -0.4 is 0 Å². The first-order chi connectivity index (χ1) is 12.3. The van der Waals surface area contributed by atoms with Crippen molar-refractivity contribution in [2.24, 2.45) is 0 Å². The first-order valence-electron chi connectivity index (χ1n) is 10.6. The largest absolute Gasteiger partial charge is 0.466 e. The van der Waals surface area contributed by atoms with Crippen LogP contribution in [-0.2, 0) is 19.1 Å². The molecule has 0 bridgehead atoms. The minimum Gasteiger partial charge on any atom is -0.466 e. The molecule has 0 N–H and O–H groups in total. The topological polar surface area (TPSA) is 52.6 Å². The number of carbonyl (C=O) groups is 2. The van der Waals surface area contributed by atoms with Crippen LogP contribution in [0.15, 0.2) is 0 Å². The van der Waals surface area contributed by atoms with Crippen LogP contribution in [0, 0.1) is 0 Å². The number of rotatable bonds is 0. The Morgan fingerprint density at radius 1 is 0.400 bits per heavy atom. The zero-order valence-corrected chi connectivity index (χ0v) is 16.1. The molecule has 0 aliphatic carbocycles. The van der Waals surface area contributed by atoms with Crippen molar-refractivity contribution in [2.75, 3.05) is 13.2 Å². The van der Waals surface area contributed by atoms with Crippen LogP contribution in [0.25, 0.3) is 0 Å². The summed E-state index contributed by atoms with van der Waals surface area (Å²) in [7, 11) is 0. The average molecular weight is 355 g/mol. The molecule has 0 aromatic rings. The van der Waals surface area contributed by atoms with Crippen molar-refractivity contribution in [1.29, 1.82) is 0 Å². The molecular weight excluding hydrogens is 316 g/mol. The summed E-state index contributed by atoms with van der Waals surface area (Å²) in [5.41, 5.74) is 0. The van der Waals surface area contributed by atoms with E-state index in [1.165, 1.54) is 32.1 Å². The van der Waals surface area contributed by atoms with E-state index in [1.54, 1.807) is 0 Å². The normalized spacial score (nSPS) is 22.6. The van der Waals surface area contributed by atoms with Gasteiger partial charge in [-0.3, -0.25) is 9.59 Å². The van der Waals surface area contributed by atoms with E-state index in [9.17, 15) is 9.59 Å². The van der Waals surface area contributed by atoms with Gasteiger partial charge in [0.15, 0.2) is 0 Å². The van der Waals surface area contributed by atoms with Gasteiger partial charge in [0.05, 0.1) is 13.2 Å². The Kier molecular flexibility index (Phi) is 14.4. The highest BCUT2D eigenvalue weighted by molar-refractivity contribution is 5.69. The summed E-state index contributed by atoms with van der Waals surface area (Å²) < 4.78 is 10.6. The van der Waals surface area contributed by atoms with Crippen molar-refractivity contribution in [3.63, 3.8) is 0 Å². The lowest BCUT2D eigenvalue weighted by Crippen LogP contribution is -2.05. The Labute approximate surface area is 154 Å². The fraction of sp³-hybridized carbons (Fsp3) is 0.905. The highest BCUT2D eigenvalue weighted by atomic mass is 16.5. The summed E-state index contributed by atoms with van der Waals surface area (Å²) in [4.78, 5) is 23.3. The summed E-state index contributed by atoms with van der Waals surface area (Å²) in [6.45, 7) is 1.18. The van der Waals surface area contributed by atoms with E-state index in [1.807, 2.05) is 0 Å². The molecule has 0 atom stereocenters. The SMILES string of the molecule is O=C1CCCCCCCCC(=O)OCCCCCCCCCCCO1. The van der Waals surface area contributed by atoms with E-state index in [0.717, 1.165) is 64.2 Å². The van der Waals surface area contributed by atoms with Crippen LogP contribution >= 0.6 is 0 Å². The van der Waals surface area contributed by atoms with Crippen molar-refractivity contribution in [3.05, 3.63) is 0 Å². The van der Waals surface area contributed by atoms with Gasteiger partial charge in [0.25, 0.3) is 0 Å². The van der Waals surface area contributed by atoms with Gasteiger partial charge in [-0.15, -0.1) is 0 Å². The third kappa shape index (κ3) is 14.9. The molecule has 0 saturated carbocycles. The fourth-order valence-corrected chi connectivity index (χ4v) is 3.20. The zero-order chi connectivity index (χ0) is 18.0. The lowest BCUT2D eigenvalue weighted by Gasteiger charge is -2.05. The van der Waals surface area contributed by atoms with Gasteiger partial charge in [0, 0.05) is 12.8 Å². The standard InChI is InChI=1S/C21H38O4/c22-20-16-12-8-4-5-9-13-17-21(23)25-19-15-11-7-3-1-2-6-10-14-18-24-20/h1-19H2. The van der Waals surface area contributed by atoms with Crippen LogP contribution in [0.3, 0.4) is 0 Å². The van der Waals surface area contributed by atoms with Crippen LogP contribution in [0.5, 0.6) is 0 Å². The Hall–Kier alpha value is -1.06. The monoisotopic (exact) mass is 354 g/mol. The number of hydrogen-bond acceptors (Lipinski definition) is 4. The van der Waals surface area contributed by atoms with Crippen molar-refractivity contribution in [3.8, 4) is 0 Å². The Morgan fingerprint density at radius 3 is 1.04 bits per heavy atom. The molecule has 0 radical (unpaired) electrons. The summed E-state index contributed by atoms with van der Waals surface area (Å²) in [5, 5.41) is 0. The molecule has 1 saturated heterocycles. The molecule has 4 nitrogen and oxygen atoms in total. The molecule has 0 unspecified atom stereocenters. The first kappa shape index (κ1) is 22.0. The minimum atomic E-state index is -0.0406. The van der Waals surface area contributed by atoms with E-state index >= 15 is 0 Å². The van der Waals surface area contributed by atoms with E-state index in [4.69, 9.17) is 9.47 Å². The van der Waals surface area contributed by atoms with Gasteiger partial charge in [-0.1, -0.05) is 70.6 Å². The summed E-state index contributed by atoms with van der Waals surface area (Å²) in [5.74, 6) is -0.0812. The van der Waals surface area contributed by atoms with Gasteiger partial charge in [-0.2, -0.15) is 0 Å². The number of esters is 2. The number of cyclic esters (lactones) is 2. The van der Waals surface area contributed by atoms with Crippen LogP contribution in [-0.4, -0.2) is 25.2 Å². The molecule has 1 aliphatic heterocycles. The number of carbonyl (C=O) groups excluding carboxylic acids is 2. The summed E-state index contributed by atoms with van der Waals surface area (Å²) >= 11 is 0. The molecular formula is C21H38O4. The van der Waals surface area contributed by atoms with Gasteiger partial charge in [0.2, 0.25) is 0 Å². The second-order valence-electron chi connectivity index (χ2n) is 7.24. The van der Waals surface area contributed by atoms with E-state index in [2.05, 4.69) is 0 Å². The van der Waals surface area contributed by atoms with Crippen molar-refractivity contribution in [1.82, 2.24) is 0 Å². The molecule has 4 heteroatoms. The predicted molar refractivity (Wildman–Crippen MR) is 100 cm³/mol. The van der Waals surface area contributed by atoms with E-state index < -0.39 is 0 Å². The number of ether oxygens (including phenoxy) is 2. The molecule has 0 aromatic carbocycles.